The molecule has 0 aliphatic carbocycles. The van der Waals surface area contributed by atoms with Crippen LogP contribution in [0, 0.1) is 0 Å². The summed E-state index contributed by atoms with van der Waals surface area (Å²) in [6, 6.07) is 9.89. The van der Waals surface area contributed by atoms with E-state index < -0.39 is 5.97 Å². The van der Waals surface area contributed by atoms with E-state index in [-0.39, 0.29) is 21.6 Å². The first-order valence-corrected chi connectivity index (χ1v) is 5.66. The minimum absolute atomic E-state index is 0.00685. The lowest BCUT2D eigenvalue weighted by Crippen LogP contribution is -2.02. The van der Waals surface area contributed by atoms with E-state index in [0.29, 0.717) is 5.75 Å². The molecular formula is C12H7Cl2NO3. The Labute approximate surface area is 113 Å². The maximum atomic E-state index is 11.1. The number of carboxylic acids is 1. The first-order chi connectivity index (χ1) is 8.58. The normalized spacial score (nSPS) is 10.1. The van der Waals surface area contributed by atoms with E-state index in [9.17, 15) is 4.79 Å². The van der Waals surface area contributed by atoms with Gasteiger partial charge in [0.15, 0.2) is 5.15 Å². The molecule has 0 radical (unpaired) electrons. The Hall–Kier alpha value is -1.78. The van der Waals surface area contributed by atoms with Gasteiger partial charge in [-0.2, -0.15) is 4.98 Å². The van der Waals surface area contributed by atoms with E-state index >= 15 is 0 Å². The van der Waals surface area contributed by atoms with Crippen molar-refractivity contribution in [2.75, 3.05) is 0 Å². The number of hydrogen-bond acceptors (Lipinski definition) is 3. The van der Waals surface area contributed by atoms with Crippen LogP contribution in [0.2, 0.25) is 10.2 Å². The zero-order chi connectivity index (χ0) is 13.1. The largest absolute Gasteiger partial charge is 0.477 e. The van der Waals surface area contributed by atoms with Crippen molar-refractivity contribution in [3.8, 4) is 11.6 Å². The van der Waals surface area contributed by atoms with Gasteiger partial charge in [0.05, 0.1) is 5.02 Å². The number of para-hydroxylation sites is 1. The van der Waals surface area contributed by atoms with E-state index in [0.717, 1.165) is 0 Å². The van der Waals surface area contributed by atoms with Gasteiger partial charge in [0, 0.05) is 0 Å². The van der Waals surface area contributed by atoms with Crippen molar-refractivity contribution in [3.05, 3.63) is 52.1 Å². The quantitative estimate of drug-likeness (QED) is 0.869. The third kappa shape index (κ3) is 2.72. The van der Waals surface area contributed by atoms with Crippen LogP contribution in [0.1, 0.15) is 10.4 Å². The molecule has 0 spiro atoms. The number of ether oxygens (including phenoxy) is 1. The molecule has 0 saturated carbocycles. The van der Waals surface area contributed by atoms with Crippen molar-refractivity contribution in [3.63, 3.8) is 0 Å². The molecule has 0 atom stereocenters. The highest BCUT2D eigenvalue weighted by Crippen LogP contribution is 2.29. The number of aromatic carboxylic acids is 1. The topological polar surface area (TPSA) is 59.4 Å². The number of aromatic nitrogens is 1. The number of hydrogen-bond donors (Lipinski definition) is 1. The van der Waals surface area contributed by atoms with Gasteiger partial charge >= 0.3 is 5.97 Å². The van der Waals surface area contributed by atoms with Gasteiger partial charge in [0.2, 0.25) is 5.88 Å². The van der Waals surface area contributed by atoms with Gasteiger partial charge in [0.25, 0.3) is 0 Å². The lowest BCUT2D eigenvalue weighted by molar-refractivity contribution is 0.0693. The molecule has 0 saturated heterocycles. The van der Waals surface area contributed by atoms with E-state index in [2.05, 4.69) is 4.98 Å². The summed E-state index contributed by atoms with van der Waals surface area (Å²) in [6.07, 6.45) is 0. The minimum atomic E-state index is -1.19. The average Bonchev–Trinajstić information content (AvgIpc) is 2.34. The summed E-state index contributed by atoms with van der Waals surface area (Å²) >= 11 is 11.5. The predicted octanol–water partition coefficient (Wildman–Crippen LogP) is 3.88. The van der Waals surface area contributed by atoms with Crippen molar-refractivity contribution in [2.24, 2.45) is 0 Å². The van der Waals surface area contributed by atoms with Crippen LogP contribution in [0.5, 0.6) is 11.6 Å². The van der Waals surface area contributed by atoms with Crippen LogP contribution < -0.4 is 4.74 Å². The van der Waals surface area contributed by atoms with Crippen molar-refractivity contribution in [1.29, 1.82) is 0 Å². The molecule has 2 aromatic rings. The second-order valence-corrected chi connectivity index (χ2v) is 4.10. The number of benzene rings is 1. The Morgan fingerprint density at radius 1 is 1.22 bits per heavy atom. The third-order valence-electron chi connectivity index (χ3n) is 2.09. The highest BCUT2D eigenvalue weighted by atomic mass is 35.5. The van der Waals surface area contributed by atoms with Gasteiger partial charge in [0.1, 0.15) is 11.3 Å². The van der Waals surface area contributed by atoms with Crippen molar-refractivity contribution >= 4 is 29.2 Å². The molecule has 0 bridgehead atoms. The van der Waals surface area contributed by atoms with Gasteiger partial charge in [-0.1, -0.05) is 41.4 Å². The lowest BCUT2D eigenvalue weighted by atomic mass is 10.2. The van der Waals surface area contributed by atoms with Crippen molar-refractivity contribution in [2.45, 2.75) is 0 Å². The number of nitrogens with zero attached hydrogens (tertiary/aromatic N) is 1. The summed E-state index contributed by atoms with van der Waals surface area (Å²) in [4.78, 5) is 14.9. The molecular weight excluding hydrogens is 277 g/mol. The molecule has 0 aliphatic rings. The van der Waals surface area contributed by atoms with Gasteiger partial charge in [-0.15, -0.1) is 0 Å². The number of halogens is 2. The Bertz CT molecular complexity index is 587. The second-order valence-electron chi connectivity index (χ2n) is 3.33. The first kappa shape index (κ1) is 12.7. The average molecular weight is 284 g/mol. The minimum Gasteiger partial charge on any atom is -0.477 e. The first-order valence-electron chi connectivity index (χ1n) is 4.90. The van der Waals surface area contributed by atoms with E-state index in [1.165, 1.54) is 6.07 Å². The fourth-order valence-corrected chi connectivity index (χ4v) is 1.56. The monoisotopic (exact) mass is 283 g/mol. The number of rotatable bonds is 3. The third-order valence-corrected chi connectivity index (χ3v) is 2.76. The van der Waals surface area contributed by atoms with Crippen LogP contribution in [0.25, 0.3) is 0 Å². The van der Waals surface area contributed by atoms with E-state index in [4.69, 9.17) is 33.0 Å². The molecule has 6 heteroatoms. The molecule has 1 aromatic heterocycles. The molecule has 0 fully saturated rings. The highest BCUT2D eigenvalue weighted by Gasteiger charge is 2.17. The molecule has 0 unspecified atom stereocenters. The fraction of sp³-hybridized carbons (Fsp3) is 0. The maximum Gasteiger partial charge on any atom is 0.341 e. The Kier molecular flexibility index (Phi) is 3.69. The molecule has 1 heterocycles. The SMILES string of the molecule is O=C(O)c1cc(Cl)c(Cl)nc1Oc1ccccc1. The number of carboxylic acid groups (broad SMARTS) is 1. The second kappa shape index (κ2) is 5.25. The van der Waals surface area contributed by atoms with E-state index in [1.807, 2.05) is 6.07 Å². The van der Waals surface area contributed by atoms with Gasteiger partial charge in [-0.25, -0.2) is 4.79 Å². The summed E-state index contributed by atoms with van der Waals surface area (Å²) < 4.78 is 5.37. The molecule has 0 aliphatic heterocycles. The Morgan fingerprint density at radius 2 is 1.89 bits per heavy atom. The van der Waals surface area contributed by atoms with Gasteiger partial charge < -0.3 is 9.84 Å². The standard InChI is InChI=1S/C12H7Cl2NO3/c13-9-6-8(12(16)17)11(15-10(9)14)18-7-4-2-1-3-5-7/h1-6H,(H,16,17). The van der Waals surface area contributed by atoms with Gasteiger partial charge in [-0.3, -0.25) is 0 Å². The number of carbonyl (C=O) groups is 1. The molecule has 1 N–H and O–H groups in total. The molecule has 2 rings (SSSR count). The van der Waals surface area contributed by atoms with Crippen LogP contribution in [0.3, 0.4) is 0 Å². The van der Waals surface area contributed by atoms with Crippen molar-refractivity contribution in [1.82, 2.24) is 4.98 Å². The van der Waals surface area contributed by atoms with Crippen LogP contribution in [-0.4, -0.2) is 16.1 Å². The van der Waals surface area contributed by atoms with Crippen molar-refractivity contribution < 1.29 is 14.6 Å². The van der Waals surface area contributed by atoms with Crippen LogP contribution in [0.15, 0.2) is 36.4 Å². The summed E-state index contributed by atoms with van der Waals surface area (Å²) in [6.45, 7) is 0. The lowest BCUT2D eigenvalue weighted by Gasteiger charge is -2.08. The summed E-state index contributed by atoms with van der Waals surface area (Å²) in [5.74, 6) is -0.819. The smallest absolute Gasteiger partial charge is 0.341 e. The Balaban J connectivity index is 2.43. The summed E-state index contributed by atoms with van der Waals surface area (Å²) in [5.41, 5.74) is -0.145. The predicted molar refractivity (Wildman–Crippen MR) is 67.7 cm³/mol. The molecule has 18 heavy (non-hydrogen) atoms. The van der Waals surface area contributed by atoms with Gasteiger partial charge in [-0.05, 0) is 18.2 Å². The number of pyridine rings is 1. The van der Waals surface area contributed by atoms with Crippen LogP contribution in [-0.2, 0) is 0 Å². The Morgan fingerprint density at radius 3 is 2.50 bits per heavy atom. The van der Waals surface area contributed by atoms with Crippen LogP contribution >= 0.6 is 23.2 Å². The zero-order valence-electron chi connectivity index (χ0n) is 8.93. The van der Waals surface area contributed by atoms with Crippen LogP contribution in [0.4, 0.5) is 0 Å². The maximum absolute atomic E-state index is 11.1. The van der Waals surface area contributed by atoms with E-state index in [1.54, 1.807) is 24.3 Å². The molecule has 0 amide bonds. The zero-order valence-corrected chi connectivity index (χ0v) is 10.4. The molecule has 92 valence electrons. The molecule has 4 nitrogen and oxygen atoms in total. The summed E-state index contributed by atoms with van der Waals surface area (Å²) in [7, 11) is 0. The fourth-order valence-electron chi connectivity index (χ4n) is 1.28. The molecule has 1 aromatic carbocycles. The highest BCUT2D eigenvalue weighted by molar-refractivity contribution is 6.41. The summed E-state index contributed by atoms with van der Waals surface area (Å²) in [5, 5.41) is 9.09.